The molecule has 0 radical (unpaired) electrons. The van der Waals surface area contributed by atoms with E-state index < -0.39 is 10.0 Å². The van der Waals surface area contributed by atoms with Gasteiger partial charge in [0.15, 0.2) is 0 Å². The number of hydrogen-bond acceptors (Lipinski definition) is 4. The van der Waals surface area contributed by atoms with Gasteiger partial charge >= 0.3 is 0 Å². The molecular formula is C16H16BrCl2N3O2S. The molecule has 1 aromatic heterocycles. The summed E-state index contributed by atoms with van der Waals surface area (Å²) in [5, 5.41) is 0.138. The summed E-state index contributed by atoms with van der Waals surface area (Å²) in [5.41, 5.74) is 0.824. The summed E-state index contributed by atoms with van der Waals surface area (Å²) in [4.78, 5) is 6.44. The van der Waals surface area contributed by atoms with E-state index in [0.717, 1.165) is 37.3 Å². The molecule has 3 rings (SSSR count). The number of halogens is 3. The minimum absolute atomic E-state index is 0.0689. The lowest BCUT2D eigenvalue weighted by Gasteiger charge is -2.17. The quantitative estimate of drug-likeness (QED) is 0.719. The summed E-state index contributed by atoms with van der Waals surface area (Å²) in [5.74, 6) is 0.869. The van der Waals surface area contributed by atoms with Crippen LogP contribution in [0.2, 0.25) is 10.0 Å². The van der Waals surface area contributed by atoms with E-state index in [4.69, 9.17) is 23.2 Å². The van der Waals surface area contributed by atoms with Gasteiger partial charge in [0.1, 0.15) is 10.7 Å². The number of sulfonamides is 1. The van der Waals surface area contributed by atoms with E-state index in [2.05, 4.69) is 30.5 Å². The van der Waals surface area contributed by atoms with E-state index >= 15 is 0 Å². The summed E-state index contributed by atoms with van der Waals surface area (Å²) < 4.78 is 28.3. The van der Waals surface area contributed by atoms with Crippen molar-refractivity contribution in [1.29, 1.82) is 0 Å². The Balaban J connectivity index is 1.78. The van der Waals surface area contributed by atoms with Gasteiger partial charge in [0, 0.05) is 30.3 Å². The van der Waals surface area contributed by atoms with Crippen LogP contribution >= 0.6 is 39.1 Å². The minimum atomic E-state index is -3.84. The molecule has 1 fully saturated rings. The van der Waals surface area contributed by atoms with Gasteiger partial charge in [0.25, 0.3) is 0 Å². The second kappa shape index (κ2) is 7.80. The highest BCUT2D eigenvalue weighted by Crippen LogP contribution is 2.32. The topological polar surface area (TPSA) is 62.3 Å². The van der Waals surface area contributed by atoms with E-state index in [-0.39, 0.29) is 21.5 Å². The maximum absolute atomic E-state index is 12.6. The van der Waals surface area contributed by atoms with Crippen molar-refractivity contribution in [3.63, 3.8) is 0 Å². The lowest BCUT2D eigenvalue weighted by Crippen LogP contribution is -2.24. The average molecular weight is 465 g/mol. The molecule has 1 aliphatic rings. The molecule has 0 bridgehead atoms. The highest BCUT2D eigenvalue weighted by atomic mass is 79.9. The zero-order valence-electron chi connectivity index (χ0n) is 13.2. The Bertz CT molecular complexity index is 864. The molecule has 25 heavy (non-hydrogen) atoms. The molecule has 9 heteroatoms. The van der Waals surface area contributed by atoms with Crippen molar-refractivity contribution < 1.29 is 8.42 Å². The average Bonchev–Trinajstić information content (AvgIpc) is 3.06. The van der Waals surface area contributed by atoms with E-state index in [1.165, 1.54) is 12.1 Å². The van der Waals surface area contributed by atoms with Gasteiger partial charge < -0.3 is 4.90 Å². The molecule has 1 aromatic carbocycles. The fraction of sp³-hybridized carbons (Fsp3) is 0.312. The predicted molar refractivity (Wildman–Crippen MR) is 104 cm³/mol. The van der Waals surface area contributed by atoms with Crippen molar-refractivity contribution in [2.45, 2.75) is 24.3 Å². The summed E-state index contributed by atoms with van der Waals surface area (Å²) in [6, 6.07) is 6.69. The number of nitrogens with zero attached hydrogens (tertiary/aromatic N) is 2. The predicted octanol–water partition coefficient (Wildman–Crippen LogP) is 4.23. The molecule has 0 atom stereocenters. The van der Waals surface area contributed by atoms with Crippen molar-refractivity contribution in [2.75, 3.05) is 18.0 Å². The molecule has 0 saturated carbocycles. The van der Waals surface area contributed by atoms with Crippen LogP contribution < -0.4 is 9.62 Å². The maximum Gasteiger partial charge on any atom is 0.243 e. The minimum Gasteiger partial charge on any atom is -0.357 e. The molecule has 0 amide bonds. The molecule has 1 N–H and O–H groups in total. The fourth-order valence-corrected chi connectivity index (χ4v) is 5.68. The summed E-state index contributed by atoms with van der Waals surface area (Å²) in [6.07, 6.45) is 4.00. The normalized spacial score (nSPS) is 14.9. The van der Waals surface area contributed by atoms with Crippen LogP contribution in [0.4, 0.5) is 5.82 Å². The lowest BCUT2D eigenvalue weighted by atomic mass is 10.2. The second-order valence-corrected chi connectivity index (χ2v) is 9.17. The molecule has 134 valence electrons. The van der Waals surface area contributed by atoms with Gasteiger partial charge in [-0.2, -0.15) is 0 Å². The number of hydrogen-bond donors (Lipinski definition) is 1. The van der Waals surface area contributed by atoms with Gasteiger partial charge in [-0.1, -0.05) is 39.1 Å². The van der Waals surface area contributed by atoms with Gasteiger partial charge in [-0.05, 0) is 42.7 Å². The van der Waals surface area contributed by atoms with Crippen molar-refractivity contribution >= 4 is 55.0 Å². The Morgan fingerprint density at radius 1 is 1.16 bits per heavy atom. The summed E-state index contributed by atoms with van der Waals surface area (Å²) in [6.45, 7) is 2.09. The SMILES string of the molecule is O=S(=O)(NCc1ccnc(N2CCCC2)c1)c1c(Cl)cc(Br)cc1Cl. The van der Waals surface area contributed by atoms with Gasteiger partial charge in [-0.25, -0.2) is 18.1 Å². The number of rotatable bonds is 5. The Morgan fingerprint density at radius 2 is 1.80 bits per heavy atom. The van der Waals surface area contributed by atoms with E-state index in [1.807, 2.05) is 6.07 Å². The van der Waals surface area contributed by atoms with Gasteiger partial charge in [-0.15, -0.1) is 0 Å². The monoisotopic (exact) mass is 463 g/mol. The van der Waals surface area contributed by atoms with Gasteiger partial charge in [0.05, 0.1) is 10.0 Å². The molecule has 0 spiro atoms. The Hall–Kier alpha value is -0.860. The molecule has 5 nitrogen and oxygen atoms in total. The smallest absolute Gasteiger partial charge is 0.243 e. The largest absolute Gasteiger partial charge is 0.357 e. The first-order valence-electron chi connectivity index (χ1n) is 7.71. The number of nitrogens with one attached hydrogen (secondary N) is 1. The van der Waals surface area contributed by atoms with Crippen molar-refractivity contribution in [3.05, 3.63) is 50.5 Å². The highest BCUT2D eigenvalue weighted by Gasteiger charge is 2.22. The van der Waals surface area contributed by atoms with Crippen LogP contribution in [0.15, 0.2) is 39.8 Å². The Morgan fingerprint density at radius 3 is 2.44 bits per heavy atom. The first-order valence-corrected chi connectivity index (χ1v) is 10.7. The van der Waals surface area contributed by atoms with Crippen LogP contribution in [-0.4, -0.2) is 26.5 Å². The number of benzene rings is 1. The summed E-state index contributed by atoms with van der Waals surface area (Å²) in [7, 11) is -3.84. The lowest BCUT2D eigenvalue weighted by molar-refractivity contribution is 0.581. The van der Waals surface area contributed by atoms with Crippen LogP contribution in [-0.2, 0) is 16.6 Å². The maximum atomic E-state index is 12.6. The van der Waals surface area contributed by atoms with Gasteiger partial charge in [0.2, 0.25) is 10.0 Å². The van der Waals surface area contributed by atoms with Crippen LogP contribution in [0.5, 0.6) is 0 Å². The number of anilines is 1. The first-order chi connectivity index (χ1) is 11.9. The Labute approximate surface area is 165 Å². The standard InChI is InChI=1S/C16H16BrCl2N3O2S/c17-12-8-13(18)16(14(19)9-12)25(23,24)21-10-11-3-4-20-15(7-11)22-5-1-2-6-22/h3-4,7-9,21H,1-2,5-6,10H2. The van der Waals surface area contributed by atoms with E-state index in [9.17, 15) is 8.42 Å². The van der Waals surface area contributed by atoms with Gasteiger partial charge in [-0.3, -0.25) is 0 Å². The Kier molecular flexibility index (Phi) is 5.90. The zero-order chi connectivity index (χ0) is 18.0. The second-order valence-electron chi connectivity index (χ2n) is 5.74. The third-order valence-electron chi connectivity index (χ3n) is 3.94. The molecule has 1 saturated heterocycles. The van der Waals surface area contributed by atoms with Crippen molar-refractivity contribution in [2.24, 2.45) is 0 Å². The van der Waals surface area contributed by atoms with Crippen LogP contribution in [0.25, 0.3) is 0 Å². The van der Waals surface area contributed by atoms with Crippen LogP contribution in [0.1, 0.15) is 18.4 Å². The van der Waals surface area contributed by atoms with Crippen LogP contribution in [0, 0.1) is 0 Å². The first kappa shape index (κ1) is 18.9. The zero-order valence-corrected chi connectivity index (χ0v) is 17.1. The molecular weight excluding hydrogens is 449 g/mol. The number of pyridine rings is 1. The third-order valence-corrected chi connectivity index (χ3v) is 6.72. The van der Waals surface area contributed by atoms with Crippen molar-refractivity contribution in [1.82, 2.24) is 9.71 Å². The summed E-state index contributed by atoms with van der Waals surface area (Å²) >= 11 is 15.4. The van der Waals surface area contributed by atoms with E-state index in [1.54, 1.807) is 12.3 Å². The van der Waals surface area contributed by atoms with Crippen LogP contribution in [0.3, 0.4) is 0 Å². The highest BCUT2D eigenvalue weighted by molar-refractivity contribution is 9.10. The third kappa shape index (κ3) is 4.46. The molecule has 0 unspecified atom stereocenters. The van der Waals surface area contributed by atoms with Crippen molar-refractivity contribution in [3.8, 4) is 0 Å². The van der Waals surface area contributed by atoms with E-state index in [0.29, 0.717) is 4.47 Å². The molecule has 2 heterocycles. The fourth-order valence-electron chi connectivity index (χ4n) is 2.73. The molecule has 0 aliphatic carbocycles. The number of aromatic nitrogens is 1. The molecule has 1 aliphatic heterocycles. The molecule has 2 aromatic rings.